The fourth-order valence-corrected chi connectivity index (χ4v) is 2.36. The highest BCUT2D eigenvalue weighted by molar-refractivity contribution is 7.91. The van der Waals surface area contributed by atoms with Crippen molar-refractivity contribution >= 4 is 9.84 Å². The van der Waals surface area contributed by atoms with Gasteiger partial charge in [-0.2, -0.15) is 0 Å². The first-order chi connectivity index (χ1) is 9.98. The Labute approximate surface area is 124 Å². The molecule has 0 aliphatic carbocycles. The summed E-state index contributed by atoms with van der Waals surface area (Å²) in [6, 6.07) is 4.30. The van der Waals surface area contributed by atoms with Gasteiger partial charge in [-0.15, -0.1) is 0 Å². The van der Waals surface area contributed by atoms with Crippen LogP contribution in [0.1, 0.15) is 25.3 Å². The third kappa shape index (κ3) is 6.61. The van der Waals surface area contributed by atoms with Gasteiger partial charge in [0, 0.05) is 18.2 Å². The first-order valence-electron chi connectivity index (χ1n) is 6.71. The van der Waals surface area contributed by atoms with Crippen molar-refractivity contribution in [3.05, 3.63) is 29.6 Å². The zero-order chi connectivity index (χ0) is 15.7. The maximum absolute atomic E-state index is 13.7. The molecular weight excluding hydrogens is 295 g/mol. The molecule has 0 aliphatic rings. The van der Waals surface area contributed by atoms with E-state index in [0.717, 1.165) is 0 Å². The smallest absolute Gasteiger partial charge is 0.150 e. The van der Waals surface area contributed by atoms with Crippen molar-refractivity contribution in [3.8, 4) is 17.6 Å². The van der Waals surface area contributed by atoms with Gasteiger partial charge in [0.05, 0.1) is 24.5 Å². The number of benzene rings is 1. The molecule has 1 rings (SSSR count). The molecule has 6 heteroatoms. The van der Waals surface area contributed by atoms with Gasteiger partial charge in [-0.1, -0.05) is 18.8 Å². The van der Waals surface area contributed by atoms with Gasteiger partial charge >= 0.3 is 0 Å². The summed E-state index contributed by atoms with van der Waals surface area (Å²) in [7, 11) is -2.99. The molecule has 0 heterocycles. The molecule has 0 aromatic heterocycles. The summed E-state index contributed by atoms with van der Waals surface area (Å²) in [6.45, 7) is 1.76. The van der Waals surface area contributed by atoms with E-state index < -0.39 is 15.7 Å². The Balaban J connectivity index is 2.51. The Hall–Kier alpha value is -1.58. The number of sulfone groups is 1. The Kier molecular flexibility index (Phi) is 7.20. The van der Waals surface area contributed by atoms with Crippen LogP contribution in [0, 0.1) is 17.7 Å². The lowest BCUT2D eigenvalue weighted by molar-refractivity contribution is 0.305. The molecule has 0 amide bonds. The van der Waals surface area contributed by atoms with E-state index in [1.807, 2.05) is 0 Å². The number of hydrogen-bond acceptors (Lipinski definition) is 4. The summed E-state index contributed by atoms with van der Waals surface area (Å²) in [5.41, 5.74) is 0.240. The van der Waals surface area contributed by atoms with Crippen LogP contribution in [0.15, 0.2) is 18.2 Å². The van der Waals surface area contributed by atoms with Crippen molar-refractivity contribution in [2.45, 2.75) is 19.8 Å². The highest BCUT2D eigenvalue weighted by atomic mass is 32.2. The van der Waals surface area contributed by atoms with Crippen molar-refractivity contribution < 1.29 is 22.7 Å². The predicted molar refractivity (Wildman–Crippen MR) is 79.4 cm³/mol. The van der Waals surface area contributed by atoms with Gasteiger partial charge in [0.25, 0.3) is 0 Å². The van der Waals surface area contributed by atoms with Crippen LogP contribution >= 0.6 is 0 Å². The van der Waals surface area contributed by atoms with Gasteiger partial charge in [-0.05, 0) is 18.6 Å². The summed E-state index contributed by atoms with van der Waals surface area (Å²) in [4.78, 5) is 0. The van der Waals surface area contributed by atoms with E-state index in [-0.39, 0.29) is 30.3 Å². The first kappa shape index (κ1) is 17.5. The minimum absolute atomic E-state index is 0.0590. The second kappa shape index (κ2) is 8.65. The normalized spacial score (nSPS) is 10.8. The summed E-state index contributed by atoms with van der Waals surface area (Å²) in [6.07, 6.45) is 0.666. The standard InChI is InChI=1S/C15H19FO4S/c1-2-21(18,19)11-5-10-20-14-8-7-13(15(16)12-14)6-3-4-9-17/h7-8,12,17H,2,4-5,9-11H2,1H3. The van der Waals surface area contributed by atoms with Gasteiger partial charge in [-0.3, -0.25) is 0 Å². The molecule has 116 valence electrons. The van der Waals surface area contributed by atoms with Crippen molar-refractivity contribution in [2.75, 3.05) is 24.7 Å². The largest absolute Gasteiger partial charge is 0.493 e. The van der Waals surface area contributed by atoms with Crippen molar-refractivity contribution in [3.63, 3.8) is 0 Å². The SMILES string of the molecule is CCS(=O)(=O)CCCOc1ccc(C#CCCO)c(F)c1. The van der Waals surface area contributed by atoms with E-state index in [1.165, 1.54) is 12.1 Å². The van der Waals surface area contributed by atoms with Crippen molar-refractivity contribution in [2.24, 2.45) is 0 Å². The monoisotopic (exact) mass is 314 g/mol. The van der Waals surface area contributed by atoms with Crippen LogP contribution in [0.3, 0.4) is 0 Å². The molecule has 1 aromatic carbocycles. The van der Waals surface area contributed by atoms with Crippen molar-refractivity contribution in [1.82, 2.24) is 0 Å². The van der Waals surface area contributed by atoms with E-state index in [4.69, 9.17) is 9.84 Å². The van der Waals surface area contributed by atoms with E-state index in [9.17, 15) is 12.8 Å². The quantitative estimate of drug-likeness (QED) is 0.615. The van der Waals surface area contributed by atoms with Gasteiger partial charge < -0.3 is 9.84 Å². The number of halogens is 1. The summed E-state index contributed by atoms with van der Waals surface area (Å²) in [5, 5.41) is 8.59. The van der Waals surface area contributed by atoms with Crippen LogP contribution in [0.25, 0.3) is 0 Å². The number of ether oxygens (including phenoxy) is 1. The number of hydrogen-bond donors (Lipinski definition) is 1. The van der Waals surface area contributed by atoms with Crippen LogP contribution in [0.5, 0.6) is 5.75 Å². The van der Waals surface area contributed by atoms with Crippen LogP contribution < -0.4 is 4.74 Å². The highest BCUT2D eigenvalue weighted by Crippen LogP contribution is 2.16. The Bertz CT molecular complexity index is 614. The average molecular weight is 314 g/mol. The van der Waals surface area contributed by atoms with Crippen LogP contribution in [-0.4, -0.2) is 38.2 Å². The third-order valence-corrected chi connectivity index (χ3v) is 4.50. The molecule has 0 unspecified atom stereocenters. The fourth-order valence-electron chi connectivity index (χ4n) is 1.51. The molecule has 1 N–H and O–H groups in total. The van der Waals surface area contributed by atoms with Gasteiger partial charge in [0.15, 0.2) is 0 Å². The zero-order valence-corrected chi connectivity index (χ0v) is 12.7. The molecule has 0 bridgehead atoms. The molecule has 0 radical (unpaired) electrons. The Morgan fingerprint density at radius 2 is 2.14 bits per heavy atom. The van der Waals surface area contributed by atoms with Crippen LogP contribution in [0.4, 0.5) is 4.39 Å². The third-order valence-electron chi connectivity index (χ3n) is 2.71. The molecule has 0 fully saturated rings. The number of rotatable bonds is 7. The second-order valence-electron chi connectivity index (χ2n) is 4.36. The zero-order valence-electron chi connectivity index (χ0n) is 11.9. The van der Waals surface area contributed by atoms with E-state index >= 15 is 0 Å². The lowest BCUT2D eigenvalue weighted by Crippen LogP contribution is -2.11. The maximum Gasteiger partial charge on any atom is 0.150 e. The topological polar surface area (TPSA) is 63.6 Å². The maximum atomic E-state index is 13.7. The Morgan fingerprint density at radius 1 is 1.38 bits per heavy atom. The molecule has 0 spiro atoms. The second-order valence-corrected chi connectivity index (χ2v) is 6.83. The summed E-state index contributed by atoms with van der Waals surface area (Å²) in [5.74, 6) is 5.28. The lowest BCUT2D eigenvalue weighted by atomic mass is 10.2. The van der Waals surface area contributed by atoms with Crippen LogP contribution in [-0.2, 0) is 9.84 Å². The molecule has 0 aliphatic heterocycles. The van der Waals surface area contributed by atoms with Gasteiger partial charge in [0.2, 0.25) is 0 Å². The molecule has 1 aromatic rings. The molecule has 0 saturated carbocycles. The average Bonchev–Trinajstić information content (AvgIpc) is 2.46. The van der Waals surface area contributed by atoms with Crippen LogP contribution in [0.2, 0.25) is 0 Å². The lowest BCUT2D eigenvalue weighted by Gasteiger charge is -2.07. The number of aliphatic hydroxyl groups excluding tert-OH is 1. The molecule has 0 atom stereocenters. The van der Waals surface area contributed by atoms with E-state index in [0.29, 0.717) is 18.6 Å². The highest BCUT2D eigenvalue weighted by Gasteiger charge is 2.07. The van der Waals surface area contributed by atoms with E-state index in [1.54, 1.807) is 13.0 Å². The fraction of sp³-hybridized carbons (Fsp3) is 0.467. The van der Waals surface area contributed by atoms with E-state index in [2.05, 4.69) is 11.8 Å². The first-order valence-corrected chi connectivity index (χ1v) is 8.53. The number of aliphatic hydroxyl groups is 1. The minimum atomic E-state index is -2.99. The molecule has 0 saturated heterocycles. The Morgan fingerprint density at radius 3 is 2.76 bits per heavy atom. The molecule has 4 nitrogen and oxygen atoms in total. The molecule has 21 heavy (non-hydrogen) atoms. The summed E-state index contributed by atoms with van der Waals surface area (Å²) >= 11 is 0. The van der Waals surface area contributed by atoms with Gasteiger partial charge in [-0.25, -0.2) is 12.8 Å². The van der Waals surface area contributed by atoms with Gasteiger partial charge in [0.1, 0.15) is 21.4 Å². The van der Waals surface area contributed by atoms with Crippen molar-refractivity contribution in [1.29, 1.82) is 0 Å². The predicted octanol–water partition coefficient (Wildman–Crippen LogP) is 1.76. The molecular formula is C15H19FO4S. The minimum Gasteiger partial charge on any atom is -0.493 e. The summed E-state index contributed by atoms with van der Waals surface area (Å²) < 4.78 is 41.6.